The lowest BCUT2D eigenvalue weighted by Gasteiger charge is -2.29. The number of nitrogens with one attached hydrogen (secondary N) is 1. The lowest BCUT2D eigenvalue weighted by atomic mass is 10.1. The summed E-state index contributed by atoms with van der Waals surface area (Å²) in [7, 11) is 0. The molecule has 110 valence electrons. The number of nitrogens with zero attached hydrogens (tertiary/aromatic N) is 1. The zero-order valence-electron chi connectivity index (χ0n) is 12.8. The molecule has 2 rings (SSSR count). The summed E-state index contributed by atoms with van der Waals surface area (Å²) in [6.07, 6.45) is 4.02. The molecule has 0 saturated carbocycles. The van der Waals surface area contributed by atoms with E-state index in [2.05, 4.69) is 55.3 Å². The molecule has 1 N–H and O–H groups in total. The molecule has 3 unspecified atom stereocenters. The third-order valence-electron chi connectivity index (χ3n) is 4.30. The molecule has 1 aliphatic rings. The second kappa shape index (κ2) is 6.89. The summed E-state index contributed by atoms with van der Waals surface area (Å²) in [5.74, 6) is 0.280. The van der Waals surface area contributed by atoms with Gasteiger partial charge in [0.2, 0.25) is 5.91 Å². The van der Waals surface area contributed by atoms with Gasteiger partial charge < -0.3 is 4.90 Å². The van der Waals surface area contributed by atoms with Crippen molar-refractivity contribution in [3.63, 3.8) is 0 Å². The van der Waals surface area contributed by atoms with Crippen LogP contribution < -0.4 is 5.32 Å². The number of hydrogen-bond donors (Lipinski definition) is 1. The number of carbonyl (C=O) groups excluding carboxylic acids is 1. The molecule has 1 aromatic rings. The zero-order valence-corrected chi connectivity index (χ0v) is 12.8. The minimum absolute atomic E-state index is 0.0193. The normalized spacial score (nSPS) is 24.1. The van der Waals surface area contributed by atoms with E-state index in [0.29, 0.717) is 6.04 Å². The summed E-state index contributed by atoms with van der Waals surface area (Å²) >= 11 is 0. The number of rotatable bonds is 6. The molecule has 0 bridgehead atoms. The fraction of sp³-hybridized carbons (Fsp3) is 0.588. The van der Waals surface area contributed by atoms with Gasteiger partial charge in [0.25, 0.3) is 0 Å². The van der Waals surface area contributed by atoms with Gasteiger partial charge in [0.1, 0.15) is 0 Å². The van der Waals surface area contributed by atoms with Crippen molar-refractivity contribution in [1.29, 1.82) is 0 Å². The third kappa shape index (κ3) is 3.21. The van der Waals surface area contributed by atoms with Gasteiger partial charge in [-0.25, -0.2) is 0 Å². The fourth-order valence-corrected chi connectivity index (χ4v) is 2.92. The Hall–Kier alpha value is -1.35. The first kappa shape index (κ1) is 15.0. The summed E-state index contributed by atoms with van der Waals surface area (Å²) in [6.45, 7) is 6.42. The lowest BCUT2D eigenvalue weighted by molar-refractivity contribution is -0.132. The molecule has 1 amide bonds. The van der Waals surface area contributed by atoms with Crippen LogP contribution in [-0.2, 0) is 11.2 Å². The maximum Gasteiger partial charge on any atom is 0.241 e. The smallest absolute Gasteiger partial charge is 0.241 e. The molecular weight excluding hydrogens is 248 g/mol. The van der Waals surface area contributed by atoms with E-state index in [9.17, 15) is 4.79 Å². The summed E-state index contributed by atoms with van der Waals surface area (Å²) in [5.41, 5.74) is 1.30. The molecule has 20 heavy (non-hydrogen) atoms. The Labute approximate surface area is 122 Å². The van der Waals surface area contributed by atoms with Crippen molar-refractivity contribution in [2.75, 3.05) is 0 Å². The highest BCUT2D eigenvalue weighted by atomic mass is 16.2. The number of carbonyl (C=O) groups is 1. The predicted octanol–water partition coefficient (Wildman–Crippen LogP) is 2.95. The van der Waals surface area contributed by atoms with Crippen molar-refractivity contribution >= 4 is 5.91 Å². The maximum atomic E-state index is 12.6. The zero-order chi connectivity index (χ0) is 14.5. The van der Waals surface area contributed by atoms with E-state index in [1.54, 1.807) is 0 Å². The highest BCUT2D eigenvalue weighted by Crippen LogP contribution is 2.21. The Morgan fingerprint density at radius 1 is 1.25 bits per heavy atom. The van der Waals surface area contributed by atoms with Gasteiger partial charge in [0.05, 0.1) is 12.2 Å². The molecule has 0 radical (unpaired) electrons. The van der Waals surface area contributed by atoms with Gasteiger partial charge in [-0.3, -0.25) is 10.1 Å². The molecule has 1 aliphatic heterocycles. The molecule has 3 atom stereocenters. The minimum atomic E-state index is -0.0193. The van der Waals surface area contributed by atoms with Gasteiger partial charge in [-0.2, -0.15) is 0 Å². The van der Waals surface area contributed by atoms with Crippen molar-refractivity contribution in [2.24, 2.45) is 0 Å². The van der Waals surface area contributed by atoms with Crippen LogP contribution in [0.3, 0.4) is 0 Å². The third-order valence-corrected chi connectivity index (χ3v) is 4.30. The van der Waals surface area contributed by atoms with Crippen LogP contribution in [0.4, 0.5) is 0 Å². The molecular formula is C17H26N2O. The van der Waals surface area contributed by atoms with Crippen LogP contribution in [0.15, 0.2) is 30.3 Å². The minimum Gasteiger partial charge on any atom is -0.323 e. The molecule has 1 aromatic carbocycles. The summed E-state index contributed by atoms with van der Waals surface area (Å²) < 4.78 is 0. The first-order valence-corrected chi connectivity index (χ1v) is 7.79. The Bertz CT molecular complexity index is 432. The Morgan fingerprint density at radius 2 is 1.95 bits per heavy atom. The first-order valence-electron chi connectivity index (χ1n) is 7.79. The van der Waals surface area contributed by atoms with Gasteiger partial charge in [-0.15, -0.1) is 0 Å². The molecule has 0 spiro atoms. The van der Waals surface area contributed by atoms with E-state index in [0.717, 1.165) is 25.7 Å². The molecule has 1 saturated heterocycles. The Balaban J connectivity index is 1.98. The van der Waals surface area contributed by atoms with Crippen LogP contribution in [-0.4, -0.2) is 29.1 Å². The van der Waals surface area contributed by atoms with Crippen LogP contribution in [0.5, 0.6) is 0 Å². The van der Waals surface area contributed by atoms with E-state index in [1.165, 1.54) is 5.56 Å². The molecule has 0 aliphatic carbocycles. The SMILES string of the molecule is CCC(C)N1C(=O)C(CCc2ccccc2)NC1CC. The highest BCUT2D eigenvalue weighted by molar-refractivity contribution is 5.84. The van der Waals surface area contributed by atoms with Crippen LogP contribution >= 0.6 is 0 Å². The largest absolute Gasteiger partial charge is 0.323 e. The van der Waals surface area contributed by atoms with Crippen molar-refractivity contribution in [3.05, 3.63) is 35.9 Å². The van der Waals surface area contributed by atoms with E-state index >= 15 is 0 Å². The first-order chi connectivity index (χ1) is 9.67. The summed E-state index contributed by atoms with van der Waals surface area (Å²) in [5, 5.41) is 3.50. The maximum absolute atomic E-state index is 12.6. The van der Waals surface area contributed by atoms with Crippen LogP contribution in [0.1, 0.15) is 45.6 Å². The highest BCUT2D eigenvalue weighted by Gasteiger charge is 2.39. The molecule has 3 heteroatoms. The average molecular weight is 274 g/mol. The van der Waals surface area contributed by atoms with E-state index in [-0.39, 0.29) is 18.1 Å². The summed E-state index contributed by atoms with van der Waals surface area (Å²) in [6, 6.07) is 10.7. The van der Waals surface area contributed by atoms with Crippen molar-refractivity contribution in [2.45, 2.75) is 64.7 Å². The lowest BCUT2D eigenvalue weighted by Crippen LogP contribution is -2.42. The second-order valence-electron chi connectivity index (χ2n) is 5.67. The van der Waals surface area contributed by atoms with E-state index < -0.39 is 0 Å². The topological polar surface area (TPSA) is 32.3 Å². The predicted molar refractivity (Wildman–Crippen MR) is 82.4 cm³/mol. The quantitative estimate of drug-likeness (QED) is 0.865. The molecule has 3 nitrogen and oxygen atoms in total. The Kier molecular flexibility index (Phi) is 5.18. The van der Waals surface area contributed by atoms with Gasteiger partial charge >= 0.3 is 0 Å². The van der Waals surface area contributed by atoms with Crippen molar-refractivity contribution in [3.8, 4) is 0 Å². The van der Waals surface area contributed by atoms with E-state index in [1.807, 2.05) is 6.07 Å². The monoisotopic (exact) mass is 274 g/mol. The number of benzene rings is 1. The van der Waals surface area contributed by atoms with Crippen LogP contribution in [0.2, 0.25) is 0 Å². The van der Waals surface area contributed by atoms with Crippen LogP contribution in [0, 0.1) is 0 Å². The molecule has 0 aromatic heterocycles. The van der Waals surface area contributed by atoms with Crippen molar-refractivity contribution in [1.82, 2.24) is 10.2 Å². The fourth-order valence-electron chi connectivity index (χ4n) is 2.92. The van der Waals surface area contributed by atoms with E-state index in [4.69, 9.17) is 0 Å². The number of hydrogen-bond acceptors (Lipinski definition) is 2. The Morgan fingerprint density at radius 3 is 2.55 bits per heavy atom. The van der Waals surface area contributed by atoms with Gasteiger partial charge in [-0.05, 0) is 38.2 Å². The summed E-state index contributed by atoms with van der Waals surface area (Å²) in [4.78, 5) is 14.6. The van der Waals surface area contributed by atoms with Gasteiger partial charge in [-0.1, -0.05) is 44.2 Å². The molecule has 1 fully saturated rings. The average Bonchev–Trinajstić information content (AvgIpc) is 2.81. The van der Waals surface area contributed by atoms with Crippen LogP contribution in [0.25, 0.3) is 0 Å². The molecule has 1 heterocycles. The second-order valence-corrected chi connectivity index (χ2v) is 5.67. The van der Waals surface area contributed by atoms with Gasteiger partial charge in [0, 0.05) is 6.04 Å². The van der Waals surface area contributed by atoms with Crippen molar-refractivity contribution < 1.29 is 4.79 Å². The number of aryl methyl sites for hydroxylation is 1. The standard InChI is InChI=1S/C17H26N2O/c1-4-13(3)19-16(5-2)18-15(17(19)20)12-11-14-9-7-6-8-10-14/h6-10,13,15-16,18H,4-5,11-12H2,1-3H3. The van der Waals surface area contributed by atoms with Gasteiger partial charge in [0.15, 0.2) is 0 Å². The number of amides is 1.